The van der Waals surface area contributed by atoms with Crippen LogP contribution in [0, 0.1) is 0 Å². The first-order valence-corrected chi connectivity index (χ1v) is 5.33. The summed E-state index contributed by atoms with van der Waals surface area (Å²) < 4.78 is 0.829. The van der Waals surface area contributed by atoms with Crippen molar-refractivity contribution in [2.75, 3.05) is 13.6 Å². The first-order chi connectivity index (χ1) is 7.04. The molecule has 1 aromatic rings. The van der Waals surface area contributed by atoms with E-state index in [9.17, 15) is 4.79 Å². The van der Waals surface area contributed by atoms with Gasteiger partial charge in [-0.3, -0.25) is 0 Å². The van der Waals surface area contributed by atoms with Crippen molar-refractivity contribution in [3.8, 4) is 0 Å². The minimum absolute atomic E-state index is 0.0935. The summed E-state index contributed by atoms with van der Waals surface area (Å²) in [5.41, 5.74) is -0.461. The highest BCUT2D eigenvalue weighted by Gasteiger charge is 2.42. The zero-order valence-electron chi connectivity index (χ0n) is 8.49. The van der Waals surface area contributed by atoms with E-state index in [2.05, 4.69) is 31.2 Å². The number of urea groups is 1. The molecule has 0 spiro atoms. The number of carbonyl (C=O) groups excluding carboxylic acids is 1. The summed E-state index contributed by atoms with van der Waals surface area (Å²) in [5.74, 6) is 0.645. The zero-order chi connectivity index (χ0) is 11.1. The van der Waals surface area contributed by atoms with Gasteiger partial charge >= 0.3 is 6.03 Å². The Labute approximate surface area is 96.0 Å². The Balaban J connectivity index is 2.38. The Kier molecular flexibility index (Phi) is 2.38. The second-order valence-electron chi connectivity index (χ2n) is 3.72. The Bertz CT molecular complexity index is 394. The number of carbonyl (C=O) groups is 1. The smallest absolute Gasteiger partial charge is 0.318 e. The topological polar surface area (TPSA) is 58.1 Å². The van der Waals surface area contributed by atoms with Crippen molar-refractivity contribution in [1.82, 2.24) is 20.2 Å². The number of aromatic nitrogens is 2. The number of nitrogens with zero attached hydrogens (tertiary/aromatic N) is 3. The molecule has 80 valence electrons. The van der Waals surface area contributed by atoms with Gasteiger partial charge in [-0.05, 0) is 22.9 Å². The fourth-order valence-electron chi connectivity index (χ4n) is 1.53. The van der Waals surface area contributed by atoms with Crippen LogP contribution in [0.15, 0.2) is 16.9 Å². The molecule has 6 heteroatoms. The second-order valence-corrected chi connectivity index (χ2v) is 4.63. The number of hydrogen-bond donors (Lipinski definition) is 1. The summed E-state index contributed by atoms with van der Waals surface area (Å²) in [6.45, 7) is 2.47. The highest BCUT2D eigenvalue weighted by Crippen LogP contribution is 2.27. The van der Waals surface area contributed by atoms with Gasteiger partial charge in [0.1, 0.15) is 5.54 Å². The van der Waals surface area contributed by atoms with Gasteiger partial charge < -0.3 is 10.2 Å². The monoisotopic (exact) mass is 270 g/mol. The van der Waals surface area contributed by atoms with Gasteiger partial charge in [0.15, 0.2) is 5.82 Å². The van der Waals surface area contributed by atoms with Crippen LogP contribution in [0.25, 0.3) is 0 Å². The maximum absolute atomic E-state index is 11.4. The average molecular weight is 271 g/mol. The van der Waals surface area contributed by atoms with Crippen LogP contribution in [0.4, 0.5) is 4.79 Å². The zero-order valence-corrected chi connectivity index (χ0v) is 10.1. The van der Waals surface area contributed by atoms with Gasteiger partial charge in [-0.25, -0.2) is 14.8 Å². The summed E-state index contributed by atoms with van der Waals surface area (Å²) in [7, 11) is 1.74. The molecule has 0 saturated carbocycles. The lowest BCUT2D eigenvalue weighted by atomic mass is 10.0. The number of hydrogen-bond acceptors (Lipinski definition) is 3. The van der Waals surface area contributed by atoms with Gasteiger partial charge in [0.05, 0.1) is 4.47 Å². The Morgan fingerprint density at radius 3 is 2.60 bits per heavy atom. The Hall–Kier alpha value is -1.17. The van der Waals surface area contributed by atoms with Crippen LogP contribution < -0.4 is 5.32 Å². The van der Waals surface area contributed by atoms with Crippen LogP contribution in [0.3, 0.4) is 0 Å². The van der Waals surface area contributed by atoms with E-state index in [0.717, 1.165) is 4.47 Å². The first kappa shape index (κ1) is 10.4. The molecule has 0 aliphatic carbocycles. The van der Waals surface area contributed by atoms with E-state index in [4.69, 9.17) is 0 Å². The summed E-state index contributed by atoms with van der Waals surface area (Å²) in [6.07, 6.45) is 3.37. The van der Waals surface area contributed by atoms with E-state index in [1.54, 1.807) is 24.3 Å². The molecular formula is C9H11BrN4O. The molecule has 0 aromatic carbocycles. The molecule has 1 aromatic heterocycles. The molecule has 1 aliphatic rings. The first-order valence-electron chi connectivity index (χ1n) is 4.54. The van der Waals surface area contributed by atoms with Crippen molar-refractivity contribution in [3.63, 3.8) is 0 Å². The van der Waals surface area contributed by atoms with E-state index >= 15 is 0 Å². The second kappa shape index (κ2) is 3.44. The molecule has 5 nitrogen and oxygen atoms in total. The van der Waals surface area contributed by atoms with Crippen molar-refractivity contribution in [1.29, 1.82) is 0 Å². The van der Waals surface area contributed by atoms with Crippen LogP contribution in [0.5, 0.6) is 0 Å². The minimum Gasteiger partial charge on any atom is -0.335 e. The van der Waals surface area contributed by atoms with Gasteiger partial charge in [-0.2, -0.15) is 0 Å². The molecule has 0 bridgehead atoms. The highest BCUT2D eigenvalue weighted by atomic mass is 79.9. The van der Waals surface area contributed by atoms with Gasteiger partial charge in [0.25, 0.3) is 0 Å². The van der Waals surface area contributed by atoms with E-state index < -0.39 is 5.54 Å². The quantitative estimate of drug-likeness (QED) is 0.832. The lowest BCUT2D eigenvalue weighted by molar-refractivity contribution is 0.184. The van der Waals surface area contributed by atoms with E-state index in [1.807, 2.05) is 6.92 Å². The largest absolute Gasteiger partial charge is 0.335 e. The molecule has 1 atom stereocenters. The van der Waals surface area contributed by atoms with E-state index in [-0.39, 0.29) is 6.03 Å². The van der Waals surface area contributed by atoms with Gasteiger partial charge in [-0.15, -0.1) is 0 Å². The molecule has 1 unspecified atom stereocenters. The van der Waals surface area contributed by atoms with E-state index in [1.165, 1.54) is 0 Å². The lowest BCUT2D eigenvalue weighted by Gasteiger charge is -2.28. The fourth-order valence-corrected chi connectivity index (χ4v) is 1.73. The van der Waals surface area contributed by atoms with Crippen LogP contribution in [0.1, 0.15) is 12.7 Å². The number of likely N-dealkylation sites (N-methyl/N-ethyl adjacent to an activating group) is 1. The molecular weight excluding hydrogens is 260 g/mol. The normalized spacial score (nSPS) is 25.5. The van der Waals surface area contributed by atoms with Crippen molar-refractivity contribution >= 4 is 22.0 Å². The third-order valence-electron chi connectivity index (χ3n) is 2.73. The predicted molar refractivity (Wildman–Crippen MR) is 58.2 cm³/mol. The Morgan fingerprint density at radius 2 is 2.13 bits per heavy atom. The molecule has 2 amide bonds. The van der Waals surface area contributed by atoms with Crippen LogP contribution in [-0.4, -0.2) is 34.5 Å². The number of nitrogens with one attached hydrogen (secondary N) is 1. The van der Waals surface area contributed by atoms with Gasteiger partial charge in [0.2, 0.25) is 0 Å². The molecule has 2 heterocycles. The molecule has 1 saturated heterocycles. The SMILES string of the molecule is CN1C(=O)NCC1(C)c1ncc(Br)cn1. The van der Waals surface area contributed by atoms with Crippen molar-refractivity contribution in [2.24, 2.45) is 0 Å². The maximum atomic E-state index is 11.4. The third-order valence-corrected chi connectivity index (χ3v) is 3.14. The average Bonchev–Trinajstić information content (AvgIpc) is 2.48. The Morgan fingerprint density at radius 1 is 1.53 bits per heavy atom. The van der Waals surface area contributed by atoms with E-state index in [0.29, 0.717) is 12.4 Å². The highest BCUT2D eigenvalue weighted by molar-refractivity contribution is 9.10. The van der Waals surface area contributed by atoms with Gasteiger partial charge in [0, 0.05) is 26.0 Å². The maximum Gasteiger partial charge on any atom is 0.318 e. The number of amides is 2. The summed E-state index contributed by atoms with van der Waals surface area (Å²) >= 11 is 3.28. The predicted octanol–water partition coefficient (Wildman–Crippen LogP) is 1.11. The molecule has 1 aliphatic heterocycles. The summed E-state index contributed by atoms with van der Waals surface area (Å²) in [6, 6.07) is -0.0935. The fraction of sp³-hybridized carbons (Fsp3) is 0.444. The van der Waals surface area contributed by atoms with Crippen molar-refractivity contribution < 1.29 is 4.79 Å². The summed E-state index contributed by atoms with van der Waals surface area (Å²) in [4.78, 5) is 21.5. The number of rotatable bonds is 1. The lowest BCUT2D eigenvalue weighted by Crippen LogP contribution is -2.40. The van der Waals surface area contributed by atoms with Gasteiger partial charge in [-0.1, -0.05) is 0 Å². The third kappa shape index (κ3) is 1.58. The molecule has 2 rings (SSSR count). The minimum atomic E-state index is -0.461. The van der Waals surface area contributed by atoms with Crippen molar-refractivity contribution in [2.45, 2.75) is 12.5 Å². The molecule has 1 fully saturated rings. The molecule has 15 heavy (non-hydrogen) atoms. The van der Waals surface area contributed by atoms with Crippen LogP contribution in [-0.2, 0) is 5.54 Å². The summed E-state index contributed by atoms with van der Waals surface area (Å²) in [5, 5.41) is 2.77. The molecule has 1 N–H and O–H groups in total. The van der Waals surface area contributed by atoms with Crippen molar-refractivity contribution in [3.05, 3.63) is 22.7 Å². The van der Waals surface area contributed by atoms with Crippen LogP contribution in [0.2, 0.25) is 0 Å². The van der Waals surface area contributed by atoms with Crippen LogP contribution >= 0.6 is 15.9 Å². The molecule has 0 radical (unpaired) electrons. The number of halogens is 1. The standard InChI is InChI=1S/C9H11BrN4O/c1-9(5-13-8(15)14(9)2)7-11-3-6(10)4-12-7/h3-4H,5H2,1-2H3,(H,13,15).